The van der Waals surface area contributed by atoms with Crippen LogP contribution in [0, 0.1) is 17.6 Å². The second-order valence-electron chi connectivity index (χ2n) is 5.31. The molecule has 0 spiro atoms. The highest BCUT2D eigenvalue weighted by Crippen LogP contribution is 2.31. The minimum Gasteiger partial charge on any atom is -0.381 e. The van der Waals surface area contributed by atoms with Crippen LogP contribution < -0.4 is 21.9 Å². The predicted molar refractivity (Wildman–Crippen MR) is 80.3 cm³/mol. The molecule has 0 unspecified atom stereocenters. The van der Waals surface area contributed by atoms with Crippen molar-refractivity contribution in [2.45, 2.75) is 12.8 Å². The number of aromatic nitrogens is 2. The lowest BCUT2D eigenvalue weighted by molar-refractivity contribution is 0.619. The molecule has 0 radical (unpaired) electrons. The highest BCUT2D eigenvalue weighted by molar-refractivity contribution is 5.63. The van der Waals surface area contributed by atoms with Gasteiger partial charge in [0.2, 0.25) is 5.95 Å². The fraction of sp³-hybridized carbons (Fsp3) is 0.286. The van der Waals surface area contributed by atoms with Crippen molar-refractivity contribution in [3.05, 3.63) is 36.0 Å². The first-order chi connectivity index (χ1) is 10.5. The third-order valence-electron chi connectivity index (χ3n) is 3.45. The van der Waals surface area contributed by atoms with E-state index in [1.807, 2.05) is 0 Å². The average molecular weight is 306 g/mol. The van der Waals surface area contributed by atoms with Crippen molar-refractivity contribution in [1.29, 1.82) is 0 Å². The van der Waals surface area contributed by atoms with Crippen molar-refractivity contribution in [2.24, 2.45) is 11.8 Å². The van der Waals surface area contributed by atoms with Crippen LogP contribution in [0.4, 0.5) is 31.9 Å². The lowest BCUT2D eigenvalue weighted by Gasteiger charge is -2.19. The highest BCUT2D eigenvalue weighted by atomic mass is 19.1. The first kappa shape index (κ1) is 14.5. The SMILES string of the molecule is Nc1nc(Nc2cc(N(N)CC3CC3)ccc2F)ncc1F. The van der Waals surface area contributed by atoms with Gasteiger partial charge in [-0.3, -0.25) is 0 Å². The summed E-state index contributed by atoms with van der Waals surface area (Å²) in [6.07, 6.45) is 3.26. The molecule has 1 heterocycles. The predicted octanol–water partition coefficient (Wildman–Crippen LogP) is 2.17. The van der Waals surface area contributed by atoms with E-state index in [0.29, 0.717) is 11.6 Å². The third kappa shape index (κ3) is 3.22. The largest absolute Gasteiger partial charge is 0.381 e. The van der Waals surface area contributed by atoms with Crippen LogP contribution in [0.3, 0.4) is 0 Å². The minimum atomic E-state index is -0.725. The zero-order chi connectivity index (χ0) is 15.7. The van der Waals surface area contributed by atoms with Gasteiger partial charge in [0.1, 0.15) is 5.82 Å². The molecule has 1 saturated carbocycles. The molecule has 8 heteroatoms. The van der Waals surface area contributed by atoms with E-state index in [1.165, 1.54) is 18.9 Å². The van der Waals surface area contributed by atoms with Crippen molar-refractivity contribution in [1.82, 2.24) is 9.97 Å². The number of nitrogens with zero attached hydrogens (tertiary/aromatic N) is 3. The maximum Gasteiger partial charge on any atom is 0.229 e. The summed E-state index contributed by atoms with van der Waals surface area (Å²) in [4.78, 5) is 7.43. The topological polar surface area (TPSA) is 93.1 Å². The van der Waals surface area contributed by atoms with Crippen LogP contribution in [0.15, 0.2) is 24.4 Å². The Balaban J connectivity index is 1.80. The molecule has 1 aliphatic rings. The number of nitrogen functional groups attached to an aromatic ring is 1. The molecule has 1 aromatic heterocycles. The normalized spacial score (nSPS) is 14.0. The molecule has 116 valence electrons. The third-order valence-corrected chi connectivity index (χ3v) is 3.45. The van der Waals surface area contributed by atoms with Crippen molar-refractivity contribution < 1.29 is 8.78 Å². The van der Waals surface area contributed by atoms with Crippen LogP contribution in [0.1, 0.15) is 12.8 Å². The summed E-state index contributed by atoms with van der Waals surface area (Å²) in [6.45, 7) is 0.727. The summed E-state index contributed by atoms with van der Waals surface area (Å²) in [5.41, 5.74) is 6.18. The van der Waals surface area contributed by atoms with Crippen LogP contribution >= 0.6 is 0 Å². The number of halogens is 2. The zero-order valence-electron chi connectivity index (χ0n) is 11.8. The molecule has 2 aromatic rings. The van der Waals surface area contributed by atoms with Gasteiger partial charge in [-0.1, -0.05) is 0 Å². The number of hydrazine groups is 1. The van der Waals surface area contributed by atoms with E-state index in [-0.39, 0.29) is 17.5 Å². The molecule has 0 saturated heterocycles. The Morgan fingerprint density at radius 2 is 2.05 bits per heavy atom. The van der Waals surface area contributed by atoms with E-state index < -0.39 is 11.6 Å². The molecular weight excluding hydrogens is 290 g/mol. The van der Waals surface area contributed by atoms with Crippen LogP contribution in [0.5, 0.6) is 0 Å². The van der Waals surface area contributed by atoms with Gasteiger partial charge < -0.3 is 16.1 Å². The van der Waals surface area contributed by atoms with E-state index in [9.17, 15) is 8.78 Å². The molecule has 3 rings (SSSR count). The van der Waals surface area contributed by atoms with Gasteiger partial charge in [0.15, 0.2) is 11.6 Å². The fourth-order valence-corrected chi connectivity index (χ4v) is 2.03. The average Bonchev–Trinajstić information content (AvgIpc) is 3.29. The van der Waals surface area contributed by atoms with E-state index >= 15 is 0 Å². The van der Waals surface area contributed by atoms with Gasteiger partial charge in [0.05, 0.1) is 17.6 Å². The number of nitrogens with one attached hydrogen (secondary N) is 1. The number of rotatable bonds is 5. The van der Waals surface area contributed by atoms with Crippen LogP contribution in [0.25, 0.3) is 0 Å². The summed E-state index contributed by atoms with van der Waals surface area (Å²) < 4.78 is 26.9. The van der Waals surface area contributed by atoms with Crippen molar-refractivity contribution in [2.75, 3.05) is 22.6 Å². The number of nitrogens with two attached hydrogens (primary N) is 2. The first-order valence-electron chi connectivity index (χ1n) is 6.90. The standard InChI is InChI=1S/C14H16F2N6/c15-10-4-3-9(22(18)7-8-1-2-8)5-12(10)20-14-19-6-11(16)13(17)21-14/h3-6,8H,1-2,7,18H2,(H3,17,19,20,21). The minimum absolute atomic E-state index is 0.0146. The zero-order valence-corrected chi connectivity index (χ0v) is 11.8. The second-order valence-corrected chi connectivity index (χ2v) is 5.31. The van der Waals surface area contributed by atoms with Gasteiger partial charge in [-0.2, -0.15) is 4.98 Å². The molecule has 1 aromatic carbocycles. The Hall–Kier alpha value is -2.48. The Kier molecular flexibility index (Phi) is 3.76. The van der Waals surface area contributed by atoms with Gasteiger partial charge in [0, 0.05) is 6.54 Å². The van der Waals surface area contributed by atoms with E-state index in [0.717, 1.165) is 12.7 Å². The fourth-order valence-electron chi connectivity index (χ4n) is 2.03. The first-order valence-corrected chi connectivity index (χ1v) is 6.90. The molecule has 1 aliphatic carbocycles. The molecule has 1 fully saturated rings. The van der Waals surface area contributed by atoms with Crippen LogP contribution in [-0.2, 0) is 0 Å². The van der Waals surface area contributed by atoms with Gasteiger partial charge in [-0.15, -0.1) is 0 Å². The number of anilines is 4. The Morgan fingerprint density at radius 3 is 2.73 bits per heavy atom. The summed E-state index contributed by atoms with van der Waals surface area (Å²) in [5, 5.41) is 4.26. The molecule has 0 amide bonds. The van der Waals surface area contributed by atoms with Crippen molar-refractivity contribution in [3.8, 4) is 0 Å². The maximum atomic E-state index is 13.9. The van der Waals surface area contributed by atoms with Crippen molar-refractivity contribution >= 4 is 23.1 Å². The molecule has 0 atom stereocenters. The summed E-state index contributed by atoms with van der Waals surface area (Å²) in [5.74, 6) is 5.07. The van der Waals surface area contributed by atoms with Gasteiger partial charge >= 0.3 is 0 Å². The van der Waals surface area contributed by atoms with E-state index in [2.05, 4.69) is 15.3 Å². The lowest BCUT2D eigenvalue weighted by atomic mass is 10.2. The number of hydrogen-bond acceptors (Lipinski definition) is 6. The van der Waals surface area contributed by atoms with Gasteiger partial charge in [-0.05, 0) is 37.0 Å². The van der Waals surface area contributed by atoms with Crippen LogP contribution in [0.2, 0.25) is 0 Å². The summed E-state index contributed by atoms with van der Waals surface area (Å²) in [7, 11) is 0. The summed E-state index contributed by atoms with van der Waals surface area (Å²) in [6, 6.07) is 4.46. The van der Waals surface area contributed by atoms with Crippen molar-refractivity contribution in [3.63, 3.8) is 0 Å². The lowest BCUT2D eigenvalue weighted by Crippen LogP contribution is -2.32. The number of benzene rings is 1. The van der Waals surface area contributed by atoms with Crippen LogP contribution in [-0.4, -0.2) is 16.5 Å². The second kappa shape index (κ2) is 5.72. The van der Waals surface area contributed by atoms with Gasteiger partial charge in [0.25, 0.3) is 0 Å². The maximum absolute atomic E-state index is 13.9. The summed E-state index contributed by atoms with van der Waals surface area (Å²) >= 11 is 0. The smallest absolute Gasteiger partial charge is 0.229 e. The van der Waals surface area contributed by atoms with E-state index in [4.69, 9.17) is 11.6 Å². The molecule has 6 nitrogen and oxygen atoms in total. The quantitative estimate of drug-likeness (QED) is 0.579. The molecule has 0 aliphatic heterocycles. The number of hydrogen-bond donors (Lipinski definition) is 3. The monoisotopic (exact) mass is 306 g/mol. The Morgan fingerprint density at radius 1 is 1.27 bits per heavy atom. The molecule has 5 N–H and O–H groups in total. The van der Waals surface area contributed by atoms with E-state index in [1.54, 1.807) is 17.1 Å². The molecule has 22 heavy (non-hydrogen) atoms. The Bertz CT molecular complexity index is 689. The molecule has 0 bridgehead atoms. The Labute approximate surface area is 126 Å². The molecular formula is C14H16F2N6. The highest BCUT2D eigenvalue weighted by Gasteiger charge is 2.23. The van der Waals surface area contributed by atoms with Gasteiger partial charge in [-0.25, -0.2) is 19.6 Å².